The number of aldehydes is 2. The highest BCUT2D eigenvalue weighted by Gasteiger charge is 2.76. The van der Waals surface area contributed by atoms with Crippen molar-refractivity contribution in [3.63, 3.8) is 0 Å². The Morgan fingerprint density at radius 1 is 1.28 bits per heavy atom. The molecule has 0 aromatic heterocycles. The molecular formula is C15H20O3. The third-order valence-corrected chi connectivity index (χ3v) is 5.68. The molecular weight excluding hydrogens is 228 g/mol. The molecule has 3 aliphatic rings. The van der Waals surface area contributed by atoms with E-state index in [4.69, 9.17) is 0 Å². The van der Waals surface area contributed by atoms with Gasteiger partial charge in [-0.15, -0.1) is 0 Å². The average Bonchev–Trinajstić information content (AvgIpc) is 2.81. The second kappa shape index (κ2) is 2.96. The lowest BCUT2D eigenvalue weighted by Gasteiger charge is -2.39. The van der Waals surface area contributed by atoms with Gasteiger partial charge in [-0.25, -0.2) is 0 Å². The molecule has 18 heavy (non-hydrogen) atoms. The van der Waals surface area contributed by atoms with Crippen molar-refractivity contribution >= 4 is 12.6 Å². The Hall–Kier alpha value is -0.960. The second-order valence-electron chi connectivity index (χ2n) is 7.49. The third-order valence-electron chi connectivity index (χ3n) is 5.68. The summed E-state index contributed by atoms with van der Waals surface area (Å²) in [6, 6.07) is 0. The molecule has 0 bridgehead atoms. The molecule has 0 aliphatic heterocycles. The molecule has 0 radical (unpaired) electrons. The average molecular weight is 248 g/mol. The van der Waals surface area contributed by atoms with E-state index in [2.05, 4.69) is 20.8 Å². The van der Waals surface area contributed by atoms with Crippen LogP contribution in [0.15, 0.2) is 11.6 Å². The van der Waals surface area contributed by atoms with Crippen molar-refractivity contribution in [2.75, 3.05) is 0 Å². The number of hydrogen-bond donors (Lipinski definition) is 1. The Bertz CT molecular complexity index is 478. The molecule has 2 fully saturated rings. The first-order valence-electron chi connectivity index (χ1n) is 6.60. The molecule has 0 aromatic rings. The standard InChI is InChI=1S/C15H20O3/c1-12(2)5-11-13(3)8-14(13,9-17)10(6-16)4-15(11,18)7-12/h4,6,9,11,18H,5,7-8H2,1-3H3/t11-,13+,14+,15-/m0/s1. The monoisotopic (exact) mass is 248 g/mol. The van der Waals surface area contributed by atoms with Gasteiger partial charge in [0.15, 0.2) is 0 Å². The van der Waals surface area contributed by atoms with E-state index in [9.17, 15) is 14.7 Å². The van der Waals surface area contributed by atoms with Gasteiger partial charge in [-0.2, -0.15) is 0 Å². The summed E-state index contributed by atoms with van der Waals surface area (Å²) in [5, 5.41) is 10.9. The summed E-state index contributed by atoms with van der Waals surface area (Å²) in [4.78, 5) is 22.7. The molecule has 0 saturated heterocycles. The van der Waals surface area contributed by atoms with Gasteiger partial charge in [0.05, 0.1) is 11.0 Å². The predicted molar refractivity (Wildman–Crippen MR) is 66.8 cm³/mol. The zero-order valence-corrected chi connectivity index (χ0v) is 11.2. The van der Waals surface area contributed by atoms with Crippen LogP contribution in [-0.2, 0) is 9.59 Å². The van der Waals surface area contributed by atoms with Gasteiger partial charge in [-0.05, 0) is 42.1 Å². The highest BCUT2D eigenvalue weighted by atomic mass is 16.3. The minimum absolute atomic E-state index is 0.0640. The molecule has 3 rings (SSSR count). The highest BCUT2D eigenvalue weighted by Crippen LogP contribution is 2.77. The van der Waals surface area contributed by atoms with Crippen molar-refractivity contribution in [3.8, 4) is 0 Å². The lowest BCUT2D eigenvalue weighted by molar-refractivity contribution is -0.116. The predicted octanol–water partition coefficient (Wildman–Crippen LogP) is 1.89. The van der Waals surface area contributed by atoms with Gasteiger partial charge in [-0.3, -0.25) is 4.79 Å². The first-order valence-corrected chi connectivity index (χ1v) is 6.60. The van der Waals surface area contributed by atoms with Crippen LogP contribution >= 0.6 is 0 Å². The number of aliphatic hydroxyl groups is 1. The summed E-state index contributed by atoms with van der Waals surface area (Å²) in [5.41, 5.74) is -1.20. The third kappa shape index (κ3) is 1.14. The van der Waals surface area contributed by atoms with Crippen LogP contribution in [-0.4, -0.2) is 23.3 Å². The summed E-state index contributed by atoms with van der Waals surface area (Å²) in [5.74, 6) is 0.0916. The number of allylic oxidation sites excluding steroid dienone is 1. The number of carbonyl (C=O) groups excluding carboxylic acids is 2. The maximum Gasteiger partial charge on any atom is 0.146 e. The van der Waals surface area contributed by atoms with Crippen molar-refractivity contribution < 1.29 is 14.7 Å². The maximum atomic E-state index is 11.5. The highest BCUT2D eigenvalue weighted by molar-refractivity contribution is 5.89. The van der Waals surface area contributed by atoms with Gasteiger partial charge >= 0.3 is 0 Å². The smallest absolute Gasteiger partial charge is 0.146 e. The first-order chi connectivity index (χ1) is 8.23. The van der Waals surface area contributed by atoms with Crippen molar-refractivity contribution in [3.05, 3.63) is 11.6 Å². The number of carbonyl (C=O) groups is 2. The van der Waals surface area contributed by atoms with E-state index in [1.165, 1.54) is 0 Å². The largest absolute Gasteiger partial charge is 0.385 e. The van der Waals surface area contributed by atoms with Gasteiger partial charge in [-0.1, -0.05) is 20.8 Å². The molecule has 4 atom stereocenters. The van der Waals surface area contributed by atoms with Crippen molar-refractivity contribution in [2.45, 2.75) is 45.6 Å². The quantitative estimate of drug-likeness (QED) is 0.759. The number of hydrogen-bond acceptors (Lipinski definition) is 3. The lowest BCUT2D eigenvalue weighted by Crippen LogP contribution is -2.43. The molecule has 0 amide bonds. The minimum Gasteiger partial charge on any atom is -0.385 e. The normalized spacial score (nSPS) is 52.0. The molecule has 3 heteroatoms. The van der Waals surface area contributed by atoms with Crippen LogP contribution in [0.3, 0.4) is 0 Å². The van der Waals surface area contributed by atoms with Gasteiger partial charge < -0.3 is 9.90 Å². The molecule has 1 N–H and O–H groups in total. The molecule has 2 saturated carbocycles. The van der Waals surface area contributed by atoms with Gasteiger partial charge in [0, 0.05) is 5.57 Å². The van der Waals surface area contributed by atoms with Crippen LogP contribution in [0.2, 0.25) is 0 Å². The fraction of sp³-hybridized carbons (Fsp3) is 0.733. The number of fused-ring (bicyclic) bond motifs is 3. The molecule has 98 valence electrons. The Balaban J connectivity index is 2.15. The molecule has 0 unspecified atom stereocenters. The second-order valence-corrected chi connectivity index (χ2v) is 7.49. The van der Waals surface area contributed by atoms with Crippen LogP contribution in [0.4, 0.5) is 0 Å². The van der Waals surface area contributed by atoms with Gasteiger partial charge in [0.1, 0.15) is 12.6 Å². The Labute approximate surface area is 107 Å². The Morgan fingerprint density at radius 3 is 2.50 bits per heavy atom. The minimum atomic E-state index is -0.905. The van der Waals surface area contributed by atoms with E-state index in [0.717, 1.165) is 19.0 Å². The van der Waals surface area contributed by atoms with E-state index in [1.807, 2.05) is 0 Å². The van der Waals surface area contributed by atoms with E-state index in [-0.39, 0.29) is 16.7 Å². The fourth-order valence-electron chi connectivity index (χ4n) is 4.80. The summed E-state index contributed by atoms with van der Waals surface area (Å²) in [6.07, 6.45) is 5.67. The molecule has 0 heterocycles. The zero-order chi connectivity index (χ0) is 13.4. The van der Waals surface area contributed by atoms with Crippen LogP contribution in [0.25, 0.3) is 0 Å². The number of rotatable bonds is 2. The van der Waals surface area contributed by atoms with Crippen molar-refractivity contribution in [1.29, 1.82) is 0 Å². The molecule has 3 aliphatic carbocycles. The SMILES string of the molecule is CC1(C)C[C@@H]2[C@](O)(C=C(C=O)[C@]3(C=O)C[C@]23C)C1. The zero-order valence-electron chi connectivity index (χ0n) is 11.2. The lowest BCUT2D eigenvalue weighted by atomic mass is 9.67. The first kappa shape index (κ1) is 12.1. The summed E-state index contributed by atoms with van der Waals surface area (Å²) in [6.45, 7) is 6.34. The van der Waals surface area contributed by atoms with Crippen LogP contribution < -0.4 is 0 Å². The molecule has 0 spiro atoms. The van der Waals surface area contributed by atoms with E-state index < -0.39 is 11.0 Å². The van der Waals surface area contributed by atoms with E-state index in [0.29, 0.717) is 18.4 Å². The van der Waals surface area contributed by atoms with E-state index >= 15 is 0 Å². The molecule has 3 nitrogen and oxygen atoms in total. The van der Waals surface area contributed by atoms with Gasteiger partial charge in [0.25, 0.3) is 0 Å². The van der Waals surface area contributed by atoms with Gasteiger partial charge in [0.2, 0.25) is 0 Å². The summed E-state index contributed by atoms with van der Waals surface area (Å²) < 4.78 is 0. The Morgan fingerprint density at radius 2 is 1.94 bits per heavy atom. The summed E-state index contributed by atoms with van der Waals surface area (Å²) >= 11 is 0. The van der Waals surface area contributed by atoms with Crippen LogP contribution in [0.1, 0.15) is 40.0 Å². The van der Waals surface area contributed by atoms with E-state index in [1.54, 1.807) is 6.08 Å². The topological polar surface area (TPSA) is 54.4 Å². The fourth-order valence-corrected chi connectivity index (χ4v) is 4.80. The molecule has 0 aromatic carbocycles. The van der Waals surface area contributed by atoms with Crippen molar-refractivity contribution in [1.82, 2.24) is 0 Å². The van der Waals surface area contributed by atoms with Crippen LogP contribution in [0.5, 0.6) is 0 Å². The maximum absolute atomic E-state index is 11.5. The van der Waals surface area contributed by atoms with Crippen molar-refractivity contribution in [2.24, 2.45) is 22.2 Å². The van der Waals surface area contributed by atoms with Crippen LogP contribution in [0, 0.1) is 22.2 Å². The summed E-state index contributed by atoms with van der Waals surface area (Å²) in [7, 11) is 0. The Kier molecular flexibility index (Phi) is 1.99.